The molecule has 0 aliphatic rings. The van der Waals surface area contributed by atoms with Crippen LogP contribution in [-0.4, -0.2) is 14.7 Å². The Bertz CT molecular complexity index is 551. The van der Waals surface area contributed by atoms with Gasteiger partial charge >= 0.3 is 12.4 Å². The number of hydrogen-bond acceptors (Lipinski definition) is 1. The molecular formula is C15H18F6OS. The van der Waals surface area contributed by atoms with Gasteiger partial charge in [0, 0.05) is 21.3 Å². The summed E-state index contributed by atoms with van der Waals surface area (Å²) in [4.78, 5) is 0. The molecule has 1 aromatic carbocycles. The molecule has 0 aliphatic heterocycles. The van der Waals surface area contributed by atoms with Crippen LogP contribution in [0.1, 0.15) is 50.3 Å². The standard InChI is InChI=1S/C15H18F6OS/c1-9(8-23(22)13(2,3)4)10-5-11(14(16,17)18)7-12(6-10)15(19,20)21/h5-7,9H,8H2,1-4H3/t9-,23+/m1/s1. The SMILES string of the molecule is C[C@H](C[S@](=O)C(C)(C)C)c1cc(C(F)(F)F)cc(C(F)(F)F)c1. The van der Waals surface area contributed by atoms with Gasteiger partial charge < -0.3 is 0 Å². The maximum absolute atomic E-state index is 12.8. The molecule has 0 aliphatic carbocycles. The van der Waals surface area contributed by atoms with Crippen LogP contribution in [0.4, 0.5) is 26.3 Å². The van der Waals surface area contributed by atoms with Gasteiger partial charge in [0.15, 0.2) is 0 Å². The number of rotatable bonds is 3. The van der Waals surface area contributed by atoms with E-state index in [-0.39, 0.29) is 17.4 Å². The van der Waals surface area contributed by atoms with Gasteiger partial charge in [-0.1, -0.05) is 6.92 Å². The zero-order chi connectivity index (χ0) is 18.2. The van der Waals surface area contributed by atoms with Crippen LogP contribution < -0.4 is 0 Å². The number of benzene rings is 1. The van der Waals surface area contributed by atoms with Crippen molar-refractivity contribution >= 4 is 10.8 Å². The molecule has 132 valence electrons. The van der Waals surface area contributed by atoms with E-state index in [9.17, 15) is 30.6 Å². The molecule has 0 unspecified atom stereocenters. The molecule has 0 N–H and O–H groups in total. The zero-order valence-corrected chi connectivity index (χ0v) is 13.9. The number of alkyl halides is 6. The Morgan fingerprint density at radius 1 is 0.913 bits per heavy atom. The Hall–Kier alpha value is -1.05. The van der Waals surface area contributed by atoms with Crippen molar-refractivity contribution in [2.75, 3.05) is 5.75 Å². The molecule has 1 rings (SSSR count). The third-order valence-electron chi connectivity index (χ3n) is 3.26. The lowest BCUT2D eigenvalue weighted by atomic mass is 9.97. The third kappa shape index (κ3) is 5.51. The van der Waals surface area contributed by atoms with Crippen molar-refractivity contribution in [2.24, 2.45) is 0 Å². The molecule has 0 saturated carbocycles. The Labute approximate surface area is 133 Å². The first-order valence-electron chi connectivity index (χ1n) is 6.80. The molecule has 0 radical (unpaired) electrons. The van der Waals surface area contributed by atoms with Crippen LogP contribution >= 0.6 is 0 Å². The third-order valence-corrected chi connectivity index (χ3v) is 5.43. The minimum absolute atomic E-state index is 0.0118. The molecule has 0 bridgehead atoms. The lowest BCUT2D eigenvalue weighted by molar-refractivity contribution is -0.143. The summed E-state index contributed by atoms with van der Waals surface area (Å²) in [6, 6.07) is 1.48. The van der Waals surface area contributed by atoms with Crippen LogP contribution in [0.2, 0.25) is 0 Å². The fourth-order valence-corrected chi connectivity index (χ4v) is 2.98. The Kier molecular flexibility index (Phi) is 5.61. The van der Waals surface area contributed by atoms with Gasteiger partial charge in [0.1, 0.15) is 0 Å². The van der Waals surface area contributed by atoms with Crippen molar-refractivity contribution in [3.8, 4) is 0 Å². The van der Waals surface area contributed by atoms with E-state index in [1.165, 1.54) is 6.92 Å². The lowest BCUT2D eigenvalue weighted by Gasteiger charge is -2.22. The van der Waals surface area contributed by atoms with Crippen molar-refractivity contribution in [1.82, 2.24) is 0 Å². The molecular weight excluding hydrogens is 342 g/mol. The highest BCUT2D eigenvalue weighted by Gasteiger charge is 2.37. The first-order chi connectivity index (χ1) is 10.1. The smallest absolute Gasteiger partial charge is 0.259 e. The van der Waals surface area contributed by atoms with E-state index in [4.69, 9.17) is 0 Å². The summed E-state index contributed by atoms with van der Waals surface area (Å²) in [6.45, 7) is 6.56. The van der Waals surface area contributed by atoms with Crippen molar-refractivity contribution in [1.29, 1.82) is 0 Å². The highest BCUT2D eigenvalue weighted by molar-refractivity contribution is 7.86. The van der Waals surface area contributed by atoms with E-state index in [0.29, 0.717) is 12.1 Å². The first kappa shape index (κ1) is 20.0. The van der Waals surface area contributed by atoms with Crippen LogP contribution in [0.25, 0.3) is 0 Å². The van der Waals surface area contributed by atoms with E-state index in [2.05, 4.69) is 0 Å². The van der Waals surface area contributed by atoms with E-state index in [0.717, 1.165) is 0 Å². The highest BCUT2D eigenvalue weighted by Crippen LogP contribution is 2.38. The fourth-order valence-electron chi connectivity index (χ4n) is 1.84. The second-order valence-corrected chi connectivity index (χ2v) is 8.61. The van der Waals surface area contributed by atoms with Crippen LogP contribution in [0, 0.1) is 0 Å². The normalized spacial score (nSPS) is 16.3. The van der Waals surface area contributed by atoms with Crippen molar-refractivity contribution in [2.45, 2.75) is 50.7 Å². The predicted molar refractivity (Wildman–Crippen MR) is 77.6 cm³/mol. The van der Waals surface area contributed by atoms with Gasteiger partial charge in [0.05, 0.1) is 11.1 Å². The van der Waals surface area contributed by atoms with Gasteiger partial charge in [-0.3, -0.25) is 4.21 Å². The van der Waals surface area contributed by atoms with Gasteiger partial charge in [-0.15, -0.1) is 0 Å². The molecule has 0 heterocycles. The van der Waals surface area contributed by atoms with Gasteiger partial charge in [-0.2, -0.15) is 26.3 Å². The minimum atomic E-state index is -4.88. The highest BCUT2D eigenvalue weighted by atomic mass is 32.2. The maximum Gasteiger partial charge on any atom is 0.416 e. The fraction of sp³-hybridized carbons (Fsp3) is 0.600. The molecule has 1 aromatic rings. The summed E-state index contributed by atoms with van der Waals surface area (Å²) in [5, 5.41) is 0. The second kappa shape index (κ2) is 6.45. The predicted octanol–water partition coefficient (Wildman–Crippen LogP) is 5.37. The Morgan fingerprint density at radius 2 is 1.30 bits per heavy atom. The molecule has 1 nitrogen and oxygen atoms in total. The summed E-state index contributed by atoms with van der Waals surface area (Å²) >= 11 is 0. The maximum atomic E-state index is 12.8. The summed E-state index contributed by atoms with van der Waals surface area (Å²) in [6.07, 6.45) is -9.75. The van der Waals surface area contributed by atoms with Gasteiger partial charge in [-0.05, 0) is 50.5 Å². The lowest BCUT2D eigenvalue weighted by Crippen LogP contribution is -2.26. The van der Waals surface area contributed by atoms with Gasteiger partial charge in [0.2, 0.25) is 0 Å². The molecule has 2 atom stereocenters. The summed E-state index contributed by atoms with van der Waals surface area (Å²) in [7, 11) is -1.39. The molecule has 0 saturated heterocycles. The zero-order valence-electron chi connectivity index (χ0n) is 13.1. The van der Waals surface area contributed by atoms with E-state index in [1.807, 2.05) is 0 Å². The van der Waals surface area contributed by atoms with E-state index >= 15 is 0 Å². The van der Waals surface area contributed by atoms with Crippen LogP contribution in [0.5, 0.6) is 0 Å². The van der Waals surface area contributed by atoms with Crippen LogP contribution in [0.15, 0.2) is 18.2 Å². The van der Waals surface area contributed by atoms with Crippen molar-refractivity contribution in [3.05, 3.63) is 34.9 Å². The van der Waals surface area contributed by atoms with E-state index in [1.54, 1.807) is 20.8 Å². The topological polar surface area (TPSA) is 17.1 Å². The second-order valence-electron chi connectivity index (χ2n) is 6.36. The molecule has 23 heavy (non-hydrogen) atoms. The Morgan fingerprint density at radius 3 is 1.61 bits per heavy atom. The Balaban J connectivity index is 3.27. The molecule has 0 aromatic heterocycles. The molecule has 8 heteroatoms. The van der Waals surface area contributed by atoms with Gasteiger partial charge in [0.25, 0.3) is 0 Å². The summed E-state index contributed by atoms with van der Waals surface area (Å²) in [5.74, 6) is -0.708. The number of hydrogen-bond donors (Lipinski definition) is 0. The molecule has 0 fully saturated rings. The monoisotopic (exact) mass is 360 g/mol. The van der Waals surface area contributed by atoms with Crippen molar-refractivity contribution in [3.63, 3.8) is 0 Å². The largest absolute Gasteiger partial charge is 0.416 e. The van der Waals surface area contributed by atoms with Crippen LogP contribution in [0.3, 0.4) is 0 Å². The molecule has 0 amide bonds. The molecule has 0 spiro atoms. The van der Waals surface area contributed by atoms with E-state index < -0.39 is 44.9 Å². The number of halogens is 6. The van der Waals surface area contributed by atoms with Gasteiger partial charge in [-0.25, -0.2) is 0 Å². The minimum Gasteiger partial charge on any atom is -0.259 e. The summed E-state index contributed by atoms with van der Waals surface area (Å²) < 4.78 is 88.4. The quantitative estimate of drug-likeness (QED) is 0.662. The average Bonchev–Trinajstić information content (AvgIpc) is 2.34. The first-order valence-corrected chi connectivity index (χ1v) is 8.12. The summed E-state index contributed by atoms with van der Waals surface area (Å²) in [5.41, 5.74) is -2.82. The van der Waals surface area contributed by atoms with Crippen molar-refractivity contribution < 1.29 is 30.6 Å². The average molecular weight is 360 g/mol. The van der Waals surface area contributed by atoms with Crippen LogP contribution in [-0.2, 0) is 23.2 Å².